The molecule has 0 bridgehead atoms. The first kappa shape index (κ1) is 26.9. The van der Waals surface area contributed by atoms with E-state index in [9.17, 15) is 14.4 Å². The fourth-order valence-electron chi connectivity index (χ4n) is 3.10. The number of alkyl carbamates (subject to hydrolysis) is 1. The number of aromatic nitrogens is 3. The molecule has 0 unspecified atom stereocenters. The van der Waals surface area contributed by atoms with E-state index in [1.807, 2.05) is 13.8 Å². The van der Waals surface area contributed by atoms with E-state index >= 15 is 0 Å². The number of amides is 2. The maximum absolute atomic E-state index is 12.8. The molecule has 0 aliphatic carbocycles. The number of nitrogens with one attached hydrogen (secondary N) is 2. The highest BCUT2D eigenvalue weighted by Gasteiger charge is 2.27. The Morgan fingerprint density at radius 1 is 1.11 bits per heavy atom. The van der Waals surface area contributed by atoms with Crippen molar-refractivity contribution in [2.24, 2.45) is 5.92 Å². The first-order valence-corrected chi connectivity index (χ1v) is 12.1. The number of carbonyl (C=O) groups excluding carboxylic acids is 2. The second-order valence-electron chi connectivity index (χ2n) is 9.43. The third-order valence-corrected chi connectivity index (χ3v) is 5.74. The van der Waals surface area contributed by atoms with Gasteiger partial charge in [0.05, 0.1) is 6.04 Å². The third-order valence-electron chi connectivity index (χ3n) is 4.82. The van der Waals surface area contributed by atoms with Gasteiger partial charge in [-0.05, 0) is 40.5 Å². The summed E-state index contributed by atoms with van der Waals surface area (Å²) in [6, 6.07) is -1.10. The molecule has 0 aromatic carbocycles. The summed E-state index contributed by atoms with van der Waals surface area (Å²) in [4.78, 5) is 48.8. The minimum absolute atomic E-state index is 0.0301. The lowest BCUT2D eigenvalue weighted by Gasteiger charge is -2.24. The number of carboxylic acid groups (broad SMARTS) is 1. The summed E-state index contributed by atoms with van der Waals surface area (Å²) in [5, 5.41) is 16.9. The van der Waals surface area contributed by atoms with E-state index in [-0.39, 0.29) is 34.8 Å². The summed E-state index contributed by atoms with van der Waals surface area (Å²) in [6.45, 7) is 12.5. The molecule has 3 N–H and O–H groups in total. The molecule has 2 atom stereocenters. The zero-order chi connectivity index (χ0) is 26.8. The SMILES string of the molecule is Cc1oc(-c2csc([C@@H](NC(=O)OC(C)(C)C)C(C)C)n2)nc1C(=O)N[C@@H](C)c1nc(C(=O)O)co1. The number of aromatic carboxylic acids is 1. The van der Waals surface area contributed by atoms with Crippen LogP contribution in [0, 0.1) is 12.8 Å². The van der Waals surface area contributed by atoms with Crippen molar-refractivity contribution in [1.82, 2.24) is 25.6 Å². The highest BCUT2D eigenvalue weighted by molar-refractivity contribution is 7.10. The molecule has 0 fully saturated rings. The van der Waals surface area contributed by atoms with Crippen molar-refractivity contribution in [3.63, 3.8) is 0 Å². The van der Waals surface area contributed by atoms with Gasteiger partial charge in [0.15, 0.2) is 11.4 Å². The highest BCUT2D eigenvalue weighted by Crippen LogP contribution is 2.30. The largest absolute Gasteiger partial charge is 0.476 e. The van der Waals surface area contributed by atoms with Gasteiger partial charge in [0, 0.05) is 5.38 Å². The zero-order valence-corrected chi connectivity index (χ0v) is 21.8. The molecule has 194 valence electrons. The maximum Gasteiger partial charge on any atom is 0.408 e. The molecule has 0 aliphatic rings. The van der Waals surface area contributed by atoms with E-state index in [0.29, 0.717) is 10.7 Å². The first-order valence-electron chi connectivity index (χ1n) is 11.2. The van der Waals surface area contributed by atoms with Crippen LogP contribution in [-0.4, -0.2) is 43.6 Å². The molecule has 3 aromatic heterocycles. The van der Waals surface area contributed by atoms with Crippen LogP contribution >= 0.6 is 11.3 Å². The smallest absolute Gasteiger partial charge is 0.408 e. The Morgan fingerprint density at radius 2 is 1.81 bits per heavy atom. The number of oxazole rings is 2. The van der Waals surface area contributed by atoms with Gasteiger partial charge in [-0.25, -0.2) is 24.5 Å². The van der Waals surface area contributed by atoms with Crippen LogP contribution in [0.3, 0.4) is 0 Å². The number of nitrogens with zero attached hydrogens (tertiary/aromatic N) is 3. The Hall–Kier alpha value is -3.74. The van der Waals surface area contributed by atoms with Gasteiger partial charge in [-0.3, -0.25) is 4.79 Å². The molecule has 2 amide bonds. The summed E-state index contributed by atoms with van der Waals surface area (Å²) in [6.07, 6.45) is 0.460. The Morgan fingerprint density at radius 3 is 2.39 bits per heavy atom. The van der Waals surface area contributed by atoms with E-state index in [1.54, 1.807) is 40.0 Å². The number of hydrogen-bond acceptors (Lipinski definition) is 10. The Balaban J connectivity index is 1.74. The average molecular weight is 520 g/mol. The second-order valence-corrected chi connectivity index (χ2v) is 10.3. The number of hydrogen-bond donors (Lipinski definition) is 3. The van der Waals surface area contributed by atoms with Crippen molar-refractivity contribution in [2.45, 2.75) is 66.2 Å². The number of aryl methyl sites for hydroxylation is 1. The van der Waals surface area contributed by atoms with Gasteiger partial charge in [-0.2, -0.15) is 0 Å². The molecule has 12 nitrogen and oxygen atoms in total. The fraction of sp³-hybridized carbons (Fsp3) is 0.478. The van der Waals surface area contributed by atoms with Crippen molar-refractivity contribution in [3.8, 4) is 11.6 Å². The Kier molecular flexibility index (Phi) is 7.82. The van der Waals surface area contributed by atoms with Crippen LogP contribution < -0.4 is 10.6 Å². The number of ether oxygens (including phenoxy) is 1. The van der Waals surface area contributed by atoms with Gasteiger partial charge in [0.2, 0.25) is 11.8 Å². The van der Waals surface area contributed by atoms with E-state index in [1.165, 1.54) is 11.3 Å². The van der Waals surface area contributed by atoms with Gasteiger partial charge in [0.25, 0.3) is 5.91 Å². The monoisotopic (exact) mass is 519 g/mol. The summed E-state index contributed by atoms with van der Waals surface area (Å²) >= 11 is 1.33. The number of carbonyl (C=O) groups is 3. The molecular weight excluding hydrogens is 490 g/mol. The second kappa shape index (κ2) is 10.5. The molecule has 0 spiro atoms. The van der Waals surface area contributed by atoms with Crippen LogP contribution in [0.4, 0.5) is 4.79 Å². The molecular formula is C23H29N5O7S. The maximum atomic E-state index is 12.8. The van der Waals surface area contributed by atoms with Gasteiger partial charge in [-0.1, -0.05) is 13.8 Å². The molecule has 0 aliphatic heterocycles. The Labute approximate surface area is 211 Å². The summed E-state index contributed by atoms with van der Waals surface area (Å²) in [7, 11) is 0. The van der Waals surface area contributed by atoms with Crippen LogP contribution in [0.1, 0.15) is 91.3 Å². The molecule has 3 aromatic rings. The molecule has 0 saturated carbocycles. The van der Waals surface area contributed by atoms with Gasteiger partial charge in [-0.15, -0.1) is 11.3 Å². The fourth-order valence-corrected chi connectivity index (χ4v) is 4.12. The molecule has 13 heteroatoms. The predicted molar refractivity (Wildman–Crippen MR) is 129 cm³/mol. The average Bonchev–Trinajstić information content (AvgIpc) is 3.49. The topological polar surface area (TPSA) is 170 Å². The van der Waals surface area contributed by atoms with E-state index < -0.39 is 35.7 Å². The van der Waals surface area contributed by atoms with Crippen molar-refractivity contribution in [3.05, 3.63) is 39.7 Å². The summed E-state index contributed by atoms with van der Waals surface area (Å²) < 4.78 is 16.2. The summed E-state index contributed by atoms with van der Waals surface area (Å²) in [5.74, 6) is -1.28. The lowest BCUT2D eigenvalue weighted by Crippen LogP contribution is -2.36. The van der Waals surface area contributed by atoms with Crippen LogP contribution in [-0.2, 0) is 4.74 Å². The van der Waals surface area contributed by atoms with E-state index in [4.69, 9.17) is 18.7 Å². The standard InChI is InChI=1S/C23H29N5O7S/c1-10(2)15(28-22(32)35-23(5,6)7)20-26-14(9-36-20)19-27-16(12(4)34-19)17(29)24-11(3)18-25-13(8-33-18)21(30)31/h8-11,15H,1-7H3,(H,24,29)(H,28,32)(H,30,31)/t11-,15-/m0/s1. The Bertz CT molecular complexity index is 1250. The molecule has 36 heavy (non-hydrogen) atoms. The van der Waals surface area contributed by atoms with Crippen molar-refractivity contribution >= 4 is 29.3 Å². The molecule has 0 saturated heterocycles. The minimum atomic E-state index is -1.23. The number of rotatable bonds is 8. The predicted octanol–water partition coefficient (Wildman–Crippen LogP) is 4.51. The van der Waals surface area contributed by atoms with Crippen molar-refractivity contribution < 1.29 is 33.1 Å². The lowest BCUT2D eigenvalue weighted by atomic mass is 10.1. The lowest BCUT2D eigenvalue weighted by molar-refractivity contribution is 0.0488. The van der Waals surface area contributed by atoms with Crippen LogP contribution in [0.2, 0.25) is 0 Å². The van der Waals surface area contributed by atoms with Crippen molar-refractivity contribution in [1.29, 1.82) is 0 Å². The van der Waals surface area contributed by atoms with E-state index in [0.717, 1.165) is 6.26 Å². The molecule has 3 heterocycles. The van der Waals surface area contributed by atoms with E-state index in [2.05, 4.69) is 25.6 Å². The normalized spacial score (nSPS) is 13.3. The van der Waals surface area contributed by atoms with Gasteiger partial charge < -0.3 is 29.3 Å². The molecule has 0 radical (unpaired) electrons. The van der Waals surface area contributed by atoms with Gasteiger partial charge in [0.1, 0.15) is 34.4 Å². The molecule has 3 rings (SSSR count). The van der Waals surface area contributed by atoms with Crippen LogP contribution in [0.15, 0.2) is 20.5 Å². The first-order chi connectivity index (χ1) is 16.7. The van der Waals surface area contributed by atoms with Crippen molar-refractivity contribution in [2.75, 3.05) is 0 Å². The summed E-state index contributed by atoms with van der Waals surface area (Å²) in [5.41, 5.74) is -0.425. The zero-order valence-electron chi connectivity index (χ0n) is 21.0. The quantitative estimate of drug-likeness (QED) is 0.385. The minimum Gasteiger partial charge on any atom is -0.476 e. The van der Waals surface area contributed by atoms with Crippen LogP contribution in [0.25, 0.3) is 11.6 Å². The number of carboxylic acids is 1. The van der Waals surface area contributed by atoms with Gasteiger partial charge >= 0.3 is 12.1 Å². The number of thiazole rings is 1. The highest BCUT2D eigenvalue weighted by atomic mass is 32.1. The third kappa shape index (κ3) is 6.47. The van der Waals surface area contributed by atoms with Crippen LogP contribution in [0.5, 0.6) is 0 Å².